The number of hydrogen-bond acceptors (Lipinski definition) is 3. The summed E-state index contributed by atoms with van der Waals surface area (Å²) in [5.74, 6) is 0.813. The predicted octanol–water partition coefficient (Wildman–Crippen LogP) is 3.42. The van der Waals surface area contributed by atoms with Crippen molar-refractivity contribution in [2.75, 3.05) is 32.9 Å². The minimum absolute atomic E-state index is 0.0603. The van der Waals surface area contributed by atoms with Crippen molar-refractivity contribution in [2.45, 2.75) is 25.2 Å². The highest BCUT2D eigenvalue weighted by Crippen LogP contribution is 2.34. The number of ether oxygens (including phenoxy) is 2. The molecule has 2 aromatic carbocycles. The molecule has 0 unspecified atom stereocenters. The van der Waals surface area contributed by atoms with Gasteiger partial charge in [-0.2, -0.15) is 0 Å². The van der Waals surface area contributed by atoms with E-state index in [1.807, 2.05) is 37.3 Å². The van der Waals surface area contributed by atoms with Gasteiger partial charge in [-0.15, -0.1) is 0 Å². The van der Waals surface area contributed by atoms with Crippen LogP contribution in [0.15, 0.2) is 54.6 Å². The SMILES string of the molecule is Cc1ccc(OCCNC(=O)NCC2(c3ccccc3)CCOCC2)cc1. The number of carbonyl (C=O) groups excluding carboxylic acids is 1. The summed E-state index contributed by atoms with van der Waals surface area (Å²) in [5, 5.41) is 5.90. The first-order chi connectivity index (χ1) is 13.2. The highest BCUT2D eigenvalue weighted by molar-refractivity contribution is 5.74. The number of nitrogens with one attached hydrogen (secondary N) is 2. The molecule has 0 radical (unpaired) electrons. The van der Waals surface area contributed by atoms with Crippen molar-refractivity contribution in [3.63, 3.8) is 0 Å². The molecule has 0 atom stereocenters. The number of benzene rings is 2. The minimum Gasteiger partial charge on any atom is -0.492 e. The molecule has 144 valence electrons. The summed E-state index contributed by atoms with van der Waals surface area (Å²) in [6.45, 7) is 4.99. The Kier molecular flexibility index (Phi) is 6.71. The number of hydrogen-bond donors (Lipinski definition) is 2. The predicted molar refractivity (Wildman–Crippen MR) is 106 cm³/mol. The van der Waals surface area contributed by atoms with Crippen molar-refractivity contribution < 1.29 is 14.3 Å². The molecule has 1 heterocycles. The number of amides is 2. The van der Waals surface area contributed by atoms with Crippen LogP contribution in [0.1, 0.15) is 24.0 Å². The van der Waals surface area contributed by atoms with Crippen LogP contribution in [0.4, 0.5) is 4.79 Å². The Hall–Kier alpha value is -2.53. The molecule has 0 aromatic heterocycles. The van der Waals surface area contributed by atoms with Crippen LogP contribution in [0, 0.1) is 6.92 Å². The normalized spacial score (nSPS) is 15.7. The molecule has 5 nitrogen and oxygen atoms in total. The lowest BCUT2D eigenvalue weighted by molar-refractivity contribution is 0.0507. The van der Waals surface area contributed by atoms with E-state index in [0.29, 0.717) is 19.7 Å². The Morgan fingerprint density at radius 3 is 2.44 bits per heavy atom. The number of carbonyl (C=O) groups is 1. The fourth-order valence-corrected chi connectivity index (χ4v) is 3.40. The van der Waals surface area contributed by atoms with Crippen molar-refractivity contribution in [2.24, 2.45) is 0 Å². The van der Waals surface area contributed by atoms with Gasteiger partial charge in [0.2, 0.25) is 0 Å². The molecular weight excluding hydrogens is 340 g/mol. The lowest BCUT2D eigenvalue weighted by Crippen LogP contribution is -2.47. The molecule has 0 saturated carbocycles. The maximum Gasteiger partial charge on any atom is 0.314 e. The molecule has 1 saturated heterocycles. The van der Waals surface area contributed by atoms with Gasteiger partial charge in [-0.3, -0.25) is 0 Å². The number of aryl methyl sites for hydroxylation is 1. The quantitative estimate of drug-likeness (QED) is 0.736. The molecule has 1 aliphatic rings. The largest absolute Gasteiger partial charge is 0.492 e. The fraction of sp³-hybridized carbons (Fsp3) is 0.409. The summed E-state index contributed by atoms with van der Waals surface area (Å²) in [6.07, 6.45) is 1.82. The van der Waals surface area contributed by atoms with Gasteiger partial charge in [0.1, 0.15) is 12.4 Å². The van der Waals surface area contributed by atoms with Crippen molar-refractivity contribution in [3.05, 3.63) is 65.7 Å². The monoisotopic (exact) mass is 368 g/mol. The number of rotatable bonds is 7. The van der Waals surface area contributed by atoms with Crippen LogP contribution in [-0.4, -0.2) is 38.9 Å². The molecule has 0 aliphatic carbocycles. The van der Waals surface area contributed by atoms with Crippen LogP contribution < -0.4 is 15.4 Å². The van der Waals surface area contributed by atoms with Gasteiger partial charge in [-0.05, 0) is 37.5 Å². The fourth-order valence-electron chi connectivity index (χ4n) is 3.40. The van der Waals surface area contributed by atoms with E-state index < -0.39 is 0 Å². The average Bonchev–Trinajstić information content (AvgIpc) is 2.72. The van der Waals surface area contributed by atoms with Gasteiger partial charge < -0.3 is 20.1 Å². The maximum atomic E-state index is 12.2. The zero-order valence-corrected chi connectivity index (χ0v) is 15.9. The molecule has 1 fully saturated rings. The molecule has 27 heavy (non-hydrogen) atoms. The van der Waals surface area contributed by atoms with Crippen molar-refractivity contribution >= 4 is 6.03 Å². The molecule has 2 N–H and O–H groups in total. The van der Waals surface area contributed by atoms with Gasteiger partial charge in [0, 0.05) is 25.2 Å². The summed E-state index contributed by atoms with van der Waals surface area (Å²) >= 11 is 0. The molecule has 2 amide bonds. The van der Waals surface area contributed by atoms with Crippen LogP contribution in [0.3, 0.4) is 0 Å². The average molecular weight is 368 g/mol. The summed E-state index contributed by atoms with van der Waals surface area (Å²) in [5.41, 5.74) is 2.39. The summed E-state index contributed by atoms with van der Waals surface area (Å²) in [6, 6.07) is 18.1. The van der Waals surface area contributed by atoms with Crippen molar-refractivity contribution in [3.8, 4) is 5.75 Å². The third-order valence-corrected chi connectivity index (χ3v) is 5.10. The second-order valence-corrected chi connectivity index (χ2v) is 7.03. The van der Waals surface area contributed by atoms with Crippen LogP contribution in [0.2, 0.25) is 0 Å². The third-order valence-electron chi connectivity index (χ3n) is 5.10. The first kappa shape index (κ1) is 19.2. The Balaban J connectivity index is 1.44. The zero-order valence-electron chi connectivity index (χ0n) is 15.9. The van der Waals surface area contributed by atoms with Crippen molar-refractivity contribution in [1.29, 1.82) is 0 Å². The first-order valence-electron chi connectivity index (χ1n) is 9.52. The smallest absolute Gasteiger partial charge is 0.314 e. The molecule has 0 spiro atoms. The highest BCUT2D eigenvalue weighted by Gasteiger charge is 2.34. The Bertz CT molecular complexity index is 710. The Morgan fingerprint density at radius 1 is 1.04 bits per heavy atom. The van der Waals surface area contributed by atoms with Crippen LogP contribution in [-0.2, 0) is 10.2 Å². The van der Waals surface area contributed by atoms with Gasteiger partial charge in [-0.25, -0.2) is 4.79 Å². The van der Waals surface area contributed by atoms with E-state index in [1.165, 1.54) is 11.1 Å². The Morgan fingerprint density at radius 2 is 1.74 bits per heavy atom. The van der Waals surface area contributed by atoms with E-state index in [0.717, 1.165) is 31.8 Å². The maximum absolute atomic E-state index is 12.2. The minimum atomic E-state index is -0.163. The summed E-state index contributed by atoms with van der Waals surface area (Å²) < 4.78 is 11.2. The molecular formula is C22H28N2O3. The van der Waals surface area contributed by atoms with E-state index >= 15 is 0 Å². The van der Waals surface area contributed by atoms with E-state index in [4.69, 9.17) is 9.47 Å². The zero-order chi connectivity index (χ0) is 19.0. The van der Waals surface area contributed by atoms with E-state index in [9.17, 15) is 4.79 Å². The van der Waals surface area contributed by atoms with Gasteiger partial charge >= 0.3 is 6.03 Å². The second-order valence-electron chi connectivity index (χ2n) is 7.03. The van der Waals surface area contributed by atoms with Crippen LogP contribution >= 0.6 is 0 Å². The Labute approximate surface area is 161 Å². The third kappa shape index (κ3) is 5.47. The van der Waals surface area contributed by atoms with Gasteiger partial charge in [0.25, 0.3) is 0 Å². The van der Waals surface area contributed by atoms with Gasteiger partial charge in [0.15, 0.2) is 0 Å². The van der Waals surface area contributed by atoms with E-state index in [-0.39, 0.29) is 11.4 Å². The second kappa shape index (κ2) is 9.42. The molecule has 1 aliphatic heterocycles. The van der Waals surface area contributed by atoms with Crippen LogP contribution in [0.5, 0.6) is 5.75 Å². The molecule has 3 rings (SSSR count). The van der Waals surface area contributed by atoms with Crippen molar-refractivity contribution in [1.82, 2.24) is 10.6 Å². The van der Waals surface area contributed by atoms with E-state index in [2.05, 4.69) is 34.9 Å². The molecule has 5 heteroatoms. The lowest BCUT2D eigenvalue weighted by atomic mass is 9.74. The van der Waals surface area contributed by atoms with Gasteiger partial charge in [0.05, 0.1) is 6.54 Å². The standard InChI is InChI=1S/C22H28N2O3/c1-18-7-9-20(10-8-18)27-16-13-23-21(25)24-17-22(11-14-26-15-12-22)19-5-3-2-4-6-19/h2-10H,11-17H2,1H3,(H2,23,24,25). The van der Waals surface area contributed by atoms with Crippen LogP contribution in [0.25, 0.3) is 0 Å². The molecule has 0 bridgehead atoms. The van der Waals surface area contributed by atoms with Gasteiger partial charge in [-0.1, -0.05) is 48.0 Å². The molecule has 2 aromatic rings. The number of urea groups is 1. The summed E-state index contributed by atoms with van der Waals surface area (Å²) in [7, 11) is 0. The highest BCUT2D eigenvalue weighted by atomic mass is 16.5. The first-order valence-corrected chi connectivity index (χ1v) is 9.52. The summed E-state index contributed by atoms with van der Waals surface area (Å²) in [4.78, 5) is 12.2. The van der Waals surface area contributed by atoms with E-state index in [1.54, 1.807) is 0 Å². The topological polar surface area (TPSA) is 59.6 Å². The lowest BCUT2D eigenvalue weighted by Gasteiger charge is -2.38.